The number of esters is 1. The highest BCUT2D eigenvalue weighted by atomic mass is 28.4. The topological polar surface area (TPSA) is 92.3 Å². The van der Waals surface area contributed by atoms with Crippen molar-refractivity contribution in [1.29, 1.82) is 0 Å². The third-order valence-electron chi connectivity index (χ3n) is 6.48. The molecule has 8 nitrogen and oxygen atoms in total. The van der Waals surface area contributed by atoms with Gasteiger partial charge in [-0.05, 0) is 75.9 Å². The SMILES string of the molecule is COC(=O)[C@H](C/C(=C\CO[Si](C)(C)C(C)(C)C)CCCOCc1ccc(OC)cc1)NC(=O)OC(C)(C)C. The number of carbonyl (C=O) groups excluding carboxylic acids is 2. The standard InChI is InChI=1S/C29H49NO7Si/c1-28(2,3)37-27(32)30-25(26(31)34-8)20-22(17-19-36-38(9,10)29(4,5)6)12-11-18-35-21-23-13-15-24(33-7)16-14-23/h13-17,25H,11-12,18-21H2,1-10H3,(H,30,32)/b22-17-/t25-/m0/s1. The van der Waals surface area contributed by atoms with E-state index in [4.69, 9.17) is 23.4 Å². The molecule has 9 heteroatoms. The predicted octanol–water partition coefficient (Wildman–Crippen LogP) is 6.40. The number of amides is 1. The van der Waals surface area contributed by atoms with Gasteiger partial charge in [0.2, 0.25) is 0 Å². The molecule has 1 aromatic rings. The lowest BCUT2D eigenvalue weighted by molar-refractivity contribution is -0.143. The number of alkyl carbamates (subject to hydrolysis) is 1. The van der Waals surface area contributed by atoms with Gasteiger partial charge in [0.25, 0.3) is 0 Å². The number of ether oxygens (including phenoxy) is 4. The van der Waals surface area contributed by atoms with Gasteiger partial charge in [0.1, 0.15) is 17.4 Å². The molecule has 0 saturated carbocycles. The Labute approximate surface area is 230 Å². The molecule has 0 aliphatic carbocycles. The van der Waals surface area contributed by atoms with Crippen molar-refractivity contribution in [2.24, 2.45) is 0 Å². The Morgan fingerprint density at radius 2 is 1.66 bits per heavy atom. The molecular formula is C29H49NO7Si. The van der Waals surface area contributed by atoms with E-state index < -0.39 is 32.0 Å². The van der Waals surface area contributed by atoms with Crippen LogP contribution in [0.3, 0.4) is 0 Å². The summed E-state index contributed by atoms with van der Waals surface area (Å²) in [5.41, 5.74) is 1.38. The number of benzene rings is 1. The lowest BCUT2D eigenvalue weighted by Gasteiger charge is -2.35. The molecule has 0 aromatic heterocycles. The lowest BCUT2D eigenvalue weighted by Crippen LogP contribution is -2.44. The molecule has 0 saturated heterocycles. The zero-order valence-electron chi connectivity index (χ0n) is 25.1. The van der Waals surface area contributed by atoms with Crippen LogP contribution in [0.4, 0.5) is 4.79 Å². The molecule has 1 N–H and O–H groups in total. The summed E-state index contributed by atoms with van der Waals surface area (Å²) in [5, 5.41) is 2.75. The molecule has 1 amide bonds. The first-order chi connectivity index (χ1) is 17.6. The summed E-state index contributed by atoms with van der Waals surface area (Å²) in [7, 11) is 1.01. The zero-order chi connectivity index (χ0) is 29.0. The van der Waals surface area contributed by atoms with E-state index in [1.807, 2.05) is 30.3 Å². The highest BCUT2D eigenvalue weighted by molar-refractivity contribution is 6.74. The molecule has 0 spiro atoms. The molecule has 0 bridgehead atoms. The summed E-state index contributed by atoms with van der Waals surface area (Å²) >= 11 is 0. The van der Waals surface area contributed by atoms with Crippen LogP contribution >= 0.6 is 0 Å². The average Bonchev–Trinajstić information content (AvgIpc) is 2.81. The Hall–Kier alpha value is -2.36. The number of methoxy groups -OCH3 is 2. The van der Waals surface area contributed by atoms with E-state index in [2.05, 4.69) is 39.2 Å². The van der Waals surface area contributed by atoms with Gasteiger partial charge in [-0.1, -0.05) is 44.6 Å². The van der Waals surface area contributed by atoms with Gasteiger partial charge in [0, 0.05) is 6.61 Å². The Morgan fingerprint density at radius 3 is 2.18 bits per heavy atom. The van der Waals surface area contributed by atoms with E-state index in [0.29, 0.717) is 32.7 Å². The molecular weight excluding hydrogens is 502 g/mol. The normalized spacial score (nSPS) is 13.6. The number of hydrogen-bond donors (Lipinski definition) is 1. The van der Waals surface area contributed by atoms with Gasteiger partial charge in [-0.15, -0.1) is 0 Å². The Balaban J connectivity index is 2.86. The second-order valence-corrected chi connectivity index (χ2v) is 16.7. The molecule has 0 radical (unpaired) electrons. The molecule has 0 aliphatic rings. The highest BCUT2D eigenvalue weighted by Gasteiger charge is 2.36. The van der Waals surface area contributed by atoms with Crippen molar-refractivity contribution in [2.75, 3.05) is 27.4 Å². The monoisotopic (exact) mass is 551 g/mol. The fourth-order valence-corrected chi connectivity index (χ4v) is 4.17. The molecule has 0 heterocycles. The Morgan fingerprint density at radius 1 is 1.03 bits per heavy atom. The summed E-state index contributed by atoms with van der Waals surface area (Å²) < 4.78 is 27.7. The minimum Gasteiger partial charge on any atom is -0.497 e. The largest absolute Gasteiger partial charge is 0.497 e. The molecule has 38 heavy (non-hydrogen) atoms. The average molecular weight is 552 g/mol. The Bertz CT molecular complexity index is 899. The van der Waals surface area contributed by atoms with Crippen molar-refractivity contribution in [2.45, 2.75) is 97.2 Å². The first-order valence-corrected chi connectivity index (χ1v) is 16.1. The second-order valence-electron chi connectivity index (χ2n) is 11.9. The lowest BCUT2D eigenvalue weighted by atomic mass is 10.0. The molecule has 0 unspecified atom stereocenters. The second kappa shape index (κ2) is 15.3. The summed E-state index contributed by atoms with van der Waals surface area (Å²) in [5.74, 6) is 0.284. The first kappa shape index (κ1) is 33.7. The first-order valence-electron chi connectivity index (χ1n) is 13.2. The fraction of sp³-hybridized carbons (Fsp3) is 0.655. The number of rotatable bonds is 14. The maximum Gasteiger partial charge on any atom is 0.408 e. The van der Waals surface area contributed by atoms with Crippen LogP contribution in [-0.2, 0) is 30.0 Å². The quantitative estimate of drug-likeness (QED) is 0.124. The van der Waals surface area contributed by atoms with Crippen molar-refractivity contribution in [3.8, 4) is 5.75 Å². The van der Waals surface area contributed by atoms with Gasteiger partial charge < -0.3 is 28.7 Å². The molecule has 1 atom stereocenters. The highest BCUT2D eigenvalue weighted by Crippen LogP contribution is 2.36. The number of nitrogens with one attached hydrogen (secondary N) is 1. The smallest absolute Gasteiger partial charge is 0.408 e. The molecule has 1 rings (SSSR count). The summed E-state index contributed by atoms with van der Waals surface area (Å²) in [6.07, 6.45) is 3.10. The number of carbonyl (C=O) groups is 2. The molecule has 216 valence electrons. The van der Waals surface area contributed by atoms with Gasteiger partial charge >= 0.3 is 12.1 Å². The van der Waals surface area contributed by atoms with Crippen LogP contribution in [0, 0.1) is 0 Å². The van der Waals surface area contributed by atoms with Crippen LogP contribution in [-0.4, -0.2) is 59.5 Å². The van der Waals surface area contributed by atoms with Crippen molar-refractivity contribution >= 4 is 20.4 Å². The van der Waals surface area contributed by atoms with E-state index >= 15 is 0 Å². The van der Waals surface area contributed by atoms with Crippen LogP contribution in [0.2, 0.25) is 18.1 Å². The summed E-state index contributed by atoms with van der Waals surface area (Å²) in [6.45, 7) is 17.8. The van der Waals surface area contributed by atoms with Gasteiger partial charge in [-0.2, -0.15) is 0 Å². The minimum absolute atomic E-state index is 0.0864. The van der Waals surface area contributed by atoms with Crippen LogP contribution < -0.4 is 10.1 Å². The van der Waals surface area contributed by atoms with Crippen molar-refractivity contribution in [3.63, 3.8) is 0 Å². The molecule has 0 aliphatic heterocycles. The van der Waals surface area contributed by atoms with Crippen molar-refractivity contribution in [3.05, 3.63) is 41.5 Å². The third-order valence-corrected chi connectivity index (χ3v) is 11.0. The Kier molecular flexibility index (Phi) is 13.5. The van der Waals surface area contributed by atoms with Crippen LogP contribution in [0.5, 0.6) is 5.75 Å². The van der Waals surface area contributed by atoms with E-state index in [0.717, 1.165) is 23.3 Å². The van der Waals surface area contributed by atoms with E-state index in [1.54, 1.807) is 27.9 Å². The predicted molar refractivity (Wildman–Crippen MR) is 153 cm³/mol. The fourth-order valence-electron chi connectivity index (χ4n) is 3.23. The molecule has 1 aromatic carbocycles. The van der Waals surface area contributed by atoms with Gasteiger partial charge in [0.05, 0.1) is 27.4 Å². The summed E-state index contributed by atoms with van der Waals surface area (Å²) in [4.78, 5) is 24.9. The zero-order valence-corrected chi connectivity index (χ0v) is 26.1. The van der Waals surface area contributed by atoms with Gasteiger partial charge in [-0.3, -0.25) is 0 Å². The van der Waals surface area contributed by atoms with Crippen LogP contribution in [0.1, 0.15) is 66.4 Å². The van der Waals surface area contributed by atoms with E-state index in [1.165, 1.54) is 7.11 Å². The van der Waals surface area contributed by atoms with Gasteiger partial charge in [-0.25, -0.2) is 9.59 Å². The maximum absolute atomic E-state index is 12.5. The van der Waals surface area contributed by atoms with E-state index in [9.17, 15) is 9.59 Å². The van der Waals surface area contributed by atoms with Crippen LogP contribution in [0.15, 0.2) is 35.9 Å². The van der Waals surface area contributed by atoms with Gasteiger partial charge in [0.15, 0.2) is 8.32 Å². The van der Waals surface area contributed by atoms with Crippen molar-refractivity contribution < 1.29 is 33.0 Å². The summed E-state index contributed by atoms with van der Waals surface area (Å²) in [6, 6.07) is 6.91. The maximum atomic E-state index is 12.5. The third kappa shape index (κ3) is 12.9. The molecule has 0 fully saturated rings. The van der Waals surface area contributed by atoms with Crippen molar-refractivity contribution in [1.82, 2.24) is 5.32 Å². The van der Waals surface area contributed by atoms with Crippen LogP contribution in [0.25, 0.3) is 0 Å². The van der Waals surface area contributed by atoms with E-state index in [-0.39, 0.29) is 5.04 Å². The number of hydrogen-bond acceptors (Lipinski definition) is 7. The minimum atomic E-state index is -1.94.